The van der Waals surface area contributed by atoms with E-state index in [1.165, 1.54) is 0 Å². The molecule has 0 aliphatic carbocycles. The molecule has 6 nitrogen and oxygen atoms in total. The first kappa shape index (κ1) is 18.2. The molecule has 0 atom stereocenters. The number of hydrogen-bond donors (Lipinski definition) is 1. The summed E-state index contributed by atoms with van der Waals surface area (Å²) in [7, 11) is 0. The highest BCUT2D eigenvalue weighted by atomic mass is 35.5. The first-order valence-electron chi connectivity index (χ1n) is 8.28. The molecule has 1 saturated heterocycles. The molecule has 136 valence electrons. The van der Waals surface area contributed by atoms with Crippen LogP contribution in [-0.2, 0) is 9.53 Å². The van der Waals surface area contributed by atoms with Crippen molar-refractivity contribution in [1.82, 2.24) is 4.90 Å². The van der Waals surface area contributed by atoms with Gasteiger partial charge in [-0.1, -0.05) is 35.9 Å². The molecule has 0 saturated carbocycles. The SMILES string of the molecule is O=C(COc1ccccc1C(=O)N1CCOCC1)Nc1ccccc1Cl. The largest absolute Gasteiger partial charge is 0.483 e. The number of halogens is 1. The Labute approximate surface area is 156 Å². The molecule has 1 aliphatic rings. The average Bonchev–Trinajstić information content (AvgIpc) is 2.68. The number of hydrogen-bond acceptors (Lipinski definition) is 4. The van der Waals surface area contributed by atoms with Gasteiger partial charge in [0.15, 0.2) is 6.61 Å². The van der Waals surface area contributed by atoms with Gasteiger partial charge in [0.2, 0.25) is 0 Å². The third kappa shape index (κ3) is 4.53. The van der Waals surface area contributed by atoms with Gasteiger partial charge in [0.25, 0.3) is 11.8 Å². The van der Waals surface area contributed by atoms with Gasteiger partial charge < -0.3 is 19.7 Å². The summed E-state index contributed by atoms with van der Waals surface area (Å²) in [5, 5.41) is 3.13. The fourth-order valence-corrected chi connectivity index (χ4v) is 2.78. The van der Waals surface area contributed by atoms with Crippen LogP contribution in [-0.4, -0.2) is 49.6 Å². The van der Waals surface area contributed by atoms with E-state index in [1.54, 1.807) is 53.4 Å². The second kappa shape index (κ2) is 8.69. The van der Waals surface area contributed by atoms with E-state index in [2.05, 4.69) is 5.32 Å². The van der Waals surface area contributed by atoms with Crippen LogP contribution in [0.25, 0.3) is 0 Å². The monoisotopic (exact) mass is 374 g/mol. The molecule has 26 heavy (non-hydrogen) atoms. The predicted octanol–water partition coefficient (Wildman–Crippen LogP) is 2.83. The summed E-state index contributed by atoms with van der Waals surface area (Å²) in [4.78, 5) is 26.5. The highest BCUT2D eigenvalue weighted by molar-refractivity contribution is 6.33. The summed E-state index contributed by atoms with van der Waals surface area (Å²) >= 11 is 6.02. The molecule has 2 aromatic rings. The minimum atomic E-state index is -0.355. The Morgan fingerprint density at radius 3 is 2.54 bits per heavy atom. The number of carbonyl (C=O) groups is 2. The number of amides is 2. The van der Waals surface area contributed by atoms with Gasteiger partial charge in [-0.2, -0.15) is 0 Å². The third-order valence-electron chi connectivity index (χ3n) is 3.92. The summed E-state index contributed by atoms with van der Waals surface area (Å²) < 4.78 is 10.9. The molecule has 1 N–H and O–H groups in total. The van der Waals surface area contributed by atoms with Gasteiger partial charge in [-0.15, -0.1) is 0 Å². The number of nitrogens with zero attached hydrogens (tertiary/aromatic N) is 1. The van der Waals surface area contributed by atoms with Crippen molar-refractivity contribution in [2.75, 3.05) is 38.2 Å². The zero-order valence-corrected chi connectivity index (χ0v) is 14.9. The minimum absolute atomic E-state index is 0.129. The molecule has 0 unspecified atom stereocenters. The number of nitrogens with one attached hydrogen (secondary N) is 1. The van der Waals surface area contributed by atoms with Crippen LogP contribution in [0.4, 0.5) is 5.69 Å². The number of benzene rings is 2. The van der Waals surface area contributed by atoms with Crippen LogP contribution in [0.3, 0.4) is 0 Å². The third-order valence-corrected chi connectivity index (χ3v) is 4.25. The Kier molecular flexibility index (Phi) is 6.09. The van der Waals surface area contributed by atoms with Crippen LogP contribution in [0.1, 0.15) is 10.4 Å². The second-order valence-corrected chi connectivity index (χ2v) is 6.12. The van der Waals surface area contributed by atoms with E-state index in [0.717, 1.165) is 0 Å². The van der Waals surface area contributed by atoms with Crippen LogP contribution in [0.15, 0.2) is 48.5 Å². The number of para-hydroxylation sites is 2. The minimum Gasteiger partial charge on any atom is -0.483 e. The molecule has 1 heterocycles. The summed E-state index contributed by atoms with van der Waals surface area (Å²) in [6.45, 7) is 1.91. The van der Waals surface area contributed by atoms with Crippen molar-refractivity contribution in [1.29, 1.82) is 0 Å². The quantitative estimate of drug-likeness (QED) is 0.873. The van der Waals surface area contributed by atoms with Crippen molar-refractivity contribution in [2.24, 2.45) is 0 Å². The molecule has 7 heteroatoms. The normalized spacial score (nSPS) is 14.0. The van der Waals surface area contributed by atoms with Gasteiger partial charge >= 0.3 is 0 Å². The molecule has 0 radical (unpaired) electrons. The summed E-state index contributed by atoms with van der Waals surface area (Å²) in [5.41, 5.74) is 0.945. The van der Waals surface area contributed by atoms with E-state index in [0.29, 0.717) is 48.3 Å². The lowest BCUT2D eigenvalue weighted by Crippen LogP contribution is -2.40. The fraction of sp³-hybridized carbons (Fsp3) is 0.263. The zero-order valence-electron chi connectivity index (χ0n) is 14.1. The molecular weight excluding hydrogens is 356 g/mol. The van der Waals surface area contributed by atoms with Crippen LogP contribution >= 0.6 is 11.6 Å². The van der Waals surface area contributed by atoms with Crippen LogP contribution in [0, 0.1) is 0 Å². The lowest BCUT2D eigenvalue weighted by Gasteiger charge is -2.27. The van der Waals surface area contributed by atoms with Crippen LogP contribution in [0.2, 0.25) is 5.02 Å². The first-order valence-corrected chi connectivity index (χ1v) is 8.66. The van der Waals surface area contributed by atoms with E-state index < -0.39 is 0 Å². The maximum Gasteiger partial charge on any atom is 0.262 e. The van der Waals surface area contributed by atoms with Gasteiger partial charge in [-0.25, -0.2) is 0 Å². The van der Waals surface area contributed by atoms with Gasteiger partial charge in [0, 0.05) is 13.1 Å². The number of rotatable bonds is 5. The number of ether oxygens (including phenoxy) is 2. The van der Waals surface area contributed by atoms with Crippen LogP contribution < -0.4 is 10.1 Å². The first-order chi connectivity index (χ1) is 12.6. The molecule has 1 aliphatic heterocycles. The Morgan fingerprint density at radius 2 is 1.77 bits per heavy atom. The Morgan fingerprint density at radius 1 is 1.08 bits per heavy atom. The topological polar surface area (TPSA) is 67.9 Å². The van der Waals surface area contributed by atoms with E-state index in [-0.39, 0.29) is 18.4 Å². The molecule has 0 aromatic heterocycles. The summed E-state index contributed by atoms with van der Waals surface area (Å²) in [6, 6.07) is 13.8. The highest BCUT2D eigenvalue weighted by Gasteiger charge is 2.21. The number of carbonyl (C=O) groups excluding carboxylic acids is 2. The van der Waals surface area contributed by atoms with E-state index in [9.17, 15) is 9.59 Å². The molecule has 3 rings (SSSR count). The molecule has 1 fully saturated rings. The van der Waals surface area contributed by atoms with Gasteiger partial charge in [-0.3, -0.25) is 9.59 Å². The molecule has 2 amide bonds. The number of anilines is 1. The van der Waals surface area contributed by atoms with E-state index in [1.807, 2.05) is 0 Å². The lowest BCUT2D eigenvalue weighted by molar-refractivity contribution is -0.118. The number of morpholine rings is 1. The standard InChI is InChI=1S/C19H19ClN2O4/c20-15-6-2-3-7-16(15)21-18(23)13-26-17-8-4-1-5-14(17)19(24)22-9-11-25-12-10-22/h1-8H,9-13H2,(H,21,23). The maximum absolute atomic E-state index is 12.7. The molecule has 0 spiro atoms. The van der Waals surface area contributed by atoms with Gasteiger partial charge in [-0.05, 0) is 24.3 Å². The summed E-state index contributed by atoms with van der Waals surface area (Å²) in [6.07, 6.45) is 0. The van der Waals surface area contributed by atoms with Crippen molar-refractivity contribution in [3.63, 3.8) is 0 Å². The van der Waals surface area contributed by atoms with Gasteiger partial charge in [0.05, 0.1) is 29.5 Å². The Balaban J connectivity index is 1.64. The van der Waals surface area contributed by atoms with Crippen molar-refractivity contribution in [3.8, 4) is 5.75 Å². The van der Waals surface area contributed by atoms with Crippen molar-refractivity contribution < 1.29 is 19.1 Å². The summed E-state index contributed by atoms with van der Waals surface area (Å²) in [5.74, 6) is -0.111. The van der Waals surface area contributed by atoms with Gasteiger partial charge in [0.1, 0.15) is 5.75 Å². The average molecular weight is 375 g/mol. The van der Waals surface area contributed by atoms with Crippen LogP contribution in [0.5, 0.6) is 5.75 Å². The smallest absolute Gasteiger partial charge is 0.262 e. The maximum atomic E-state index is 12.7. The highest BCUT2D eigenvalue weighted by Crippen LogP contribution is 2.22. The Bertz CT molecular complexity index is 791. The Hall–Kier alpha value is -2.57. The van der Waals surface area contributed by atoms with E-state index in [4.69, 9.17) is 21.1 Å². The fourth-order valence-electron chi connectivity index (χ4n) is 2.60. The molecule has 2 aromatic carbocycles. The van der Waals surface area contributed by atoms with Crippen molar-refractivity contribution in [2.45, 2.75) is 0 Å². The lowest BCUT2D eigenvalue weighted by atomic mass is 10.1. The zero-order chi connectivity index (χ0) is 18.4. The van der Waals surface area contributed by atoms with Crippen molar-refractivity contribution in [3.05, 3.63) is 59.1 Å². The second-order valence-electron chi connectivity index (χ2n) is 5.72. The molecular formula is C19H19ClN2O4. The molecule has 0 bridgehead atoms. The van der Waals surface area contributed by atoms with Crippen molar-refractivity contribution >= 4 is 29.1 Å². The van der Waals surface area contributed by atoms with E-state index >= 15 is 0 Å². The predicted molar refractivity (Wildman–Crippen MR) is 98.7 cm³/mol.